The molecule has 0 radical (unpaired) electrons. The van der Waals surface area contributed by atoms with Crippen molar-refractivity contribution in [3.05, 3.63) is 47.8 Å². The highest BCUT2D eigenvalue weighted by molar-refractivity contribution is 6.03. The molecule has 134 valence electrons. The molecule has 2 aromatic rings. The first-order chi connectivity index (χ1) is 12.4. The van der Waals surface area contributed by atoms with Crippen LogP contribution < -0.4 is 15.0 Å². The van der Waals surface area contributed by atoms with Gasteiger partial charge in [-0.1, -0.05) is 0 Å². The Kier molecular flexibility index (Phi) is 4.97. The lowest BCUT2D eigenvalue weighted by Crippen LogP contribution is -2.35. The zero-order chi connectivity index (χ0) is 18.7. The molecule has 2 amide bonds. The average molecular weight is 353 g/mol. The van der Waals surface area contributed by atoms with Crippen molar-refractivity contribution in [3.63, 3.8) is 0 Å². The maximum Gasteiger partial charge on any atom is 0.264 e. The fourth-order valence-corrected chi connectivity index (χ4v) is 2.66. The number of nitrogens with zero attached hydrogens (tertiary/aromatic N) is 2. The van der Waals surface area contributed by atoms with Crippen LogP contribution in [0.3, 0.4) is 0 Å². The smallest absolute Gasteiger partial charge is 0.264 e. The number of aromatic nitrogens is 1. The molecule has 3 rings (SSSR count). The second-order valence-corrected chi connectivity index (χ2v) is 6.08. The Bertz CT molecular complexity index is 879. The van der Waals surface area contributed by atoms with E-state index in [2.05, 4.69) is 10.3 Å². The lowest BCUT2D eigenvalue weighted by molar-refractivity contribution is -0.121. The largest absolute Gasteiger partial charge is 0.482 e. The summed E-state index contributed by atoms with van der Waals surface area (Å²) in [6.07, 6.45) is 1.76. The number of aryl methyl sites for hydroxylation is 1. The zero-order valence-corrected chi connectivity index (χ0v) is 14.6. The van der Waals surface area contributed by atoms with Crippen LogP contribution in [0.4, 0.5) is 11.4 Å². The summed E-state index contributed by atoms with van der Waals surface area (Å²) in [7, 11) is 1.64. The van der Waals surface area contributed by atoms with Gasteiger partial charge in [-0.2, -0.15) is 0 Å². The van der Waals surface area contributed by atoms with E-state index in [-0.39, 0.29) is 37.0 Å². The van der Waals surface area contributed by atoms with Crippen LogP contribution in [-0.2, 0) is 9.59 Å². The van der Waals surface area contributed by atoms with Crippen LogP contribution in [0.2, 0.25) is 0 Å². The van der Waals surface area contributed by atoms with Gasteiger partial charge in [0.05, 0.1) is 5.69 Å². The second-order valence-electron chi connectivity index (χ2n) is 6.08. The van der Waals surface area contributed by atoms with Crippen molar-refractivity contribution in [1.82, 2.24) is 4.98 Å². The number of likely N-dealkylation sites (N-methyl/N-ethyl adjacent to an activating group) is 1. The SMILES string of the molecule is Cc1cc(NC(=O)CCC(=O)c2ccc3c(c2)N(C)C(=O)CO3)ccn1. The molecule has 7 nitrogen and oxygen atoms in total. The Hall–Kier alpha value is -3.22. The van der Waals surface area contributed by atoms with Crippen molar-refractivity contribution < 1.29 is 19.1 Å². The molecule has 0 unspecified atom stereocenters. The molecule has 0 aliphatic carbocycles. The molecule has 1 N–H and O–H groups in total. The normalized spacial score (nSPS) is 13.0. The molecule has 0 saturated heterocycles. The van der Waals surface area contributed by atoms with Crippen LogP contribution in [0.25, 0.3) is 0 Å². The molecule has 1 aromatic heterocycles. The summed E-state index contributed by atoms with van der Waals surface area (Å²) in [5, 5.41) is 2.75. The predicted molar refractivity (Wildman–Crippen MR) is 96.5 cm³/mol. The number of Topliss-reactive ketones (excluding diaryl/α,β-unsaturated/α-hetero) is 1. The van der Waals surface area contributed by atoms with Gasteiger partial charge in [-0.05, 0) is 37.3 Å². The van der Waals surface area contributed by atoms with Crippen LogP contribution in [0, 0.1) is 6.92 Å². The monoisotopic (exact) mass is 353 g/mol. The Labute approximate surface area is 151 Å². The third kappa shape index (κ3) is 3.88. The summed E-state index contributed by atoms with van der Waals surface area (Å²) in [4.78, 5) is 41.7. The minimum atomic E-state index is -0.238. The van der Waals surface area contributed by atoms with E-state index in [1.54, 1.807) is 43.6 Å². The van der Waals surface area contributed by atoms with E-state index in [1.807, 2.05) is 6.92 Å². The number of nitrogens with one attached hydrogen (secondary N) is 1. The van der Waals surface area contributed by atoms with Gasteiger partial charge in [0.2, 0.25) is 5.91 Å². The molecule has 0 saturated carbocycles. The lowest BCUT2D eigenvalue weighted by Gasteiger charge is -2.26. The van der Waals surface area contributed by atoms with Crippen molar-refractivity contribution in [2.24, 2.45) is 0 Å². The summed E-state index contributed by atoms with van der Waals surface area (Å²) in [6.45, 7) is 1.83. The number of benzene rings is 1. The van der Waals surface area contributed by atoms with Crippen LogP contribution in [0.15, 0.2) is 36.5 Å². The number of carbonyl (C=O) groups excluding carboxylic acids is 3. The molecule has 1 aromatic carbocycles. The Morgan fingerprint density at radius 3 is 2.81 bits per heavy atom. The molecule has 26 heavy (non-hydrogen) atoms. The number of amides is 2. The van der Waals surface area contributed by atoms with Gasteiger partial charge >= 0.3 is 0 Å². The third-order valence-electron chi connectivity index (χ3n) is 4.13. The maximum atomic E-state index is 12.4. The van der Waals surface area contributed by atoms with E-state index in [1.165, 1.54) is 4.90 Å². The molecular formula is C19H19N3O4. The summed E-state index contributed by atoms with van der Waals surface area (Å²) >= 11 is 0. The Morgan fingerprint density at radius 2 is 2.04 bits per heavy atom. The molecule has 7 heteroatoms. The first-order valence-corrected chi connectivity index (χ1v) is 8.23. The second kappa shape index (κ2) is 7.35. The Morgan fingerprint density at radius 1 is 1.23 bits per heavy atom. The number of anilines is 2. The molecule has 0 spiro atoms. The Balaban J connectivity index is 1.62. The fourth-order valence-electron chi connectivity index (χ4n) is 2.66. The van der Waals surface area contributed by atoms with Crippen molar-refractivity contribution in [2.75, 3.05) is 23.9 Å². The van der Waals surface area contributed by atoms with Gasteiger partial charge in [-0.15, -0.1) is 0 Å². The molecule has 1 aliphatic heterocycles. The molecule has 2 heterocycles. The van der Waals surface area contributed by atoms with Gasteiger partial charge in [0.15, 0.2) is 12.4 Å². The minimum absolute atomic E-state index is 0.00849. The van der Waals surface area contributed by atoms with Crippen molar-refractivity contribution in [1.29, 1.82) is 0 Å². The van der Waals surface area contributed by atoms with Gasteiger partial charge < -0.3 is 15.0 Å². The van der Waals surface area contributed by atoms with Crippen LogP contribution in [0.5, 0.6) is 5.75 Å². The molecular weight excluding hydrogens is 334 g/mol. The predicted octanol–water partition coefficient (Wildman–Crippen LogP) is 2.35. The number of fused-ring (bicyclic) bond motifs is 1. The highest BCUT2D eigenvalue weighted by Gasteiger charge is 2.23. The quantitative estimate of drug-likeness (QED) is 0.834. The standard InChI is InChI=1S/C19H19N3O4/c1-12-9-14(7-8-20-12)21-18(24)6-4-16(23)13-3-5-17-15(10-13)22(2)19(25)11-26-17/h3,5,7-10H,4,6,11H2,1-2H3,(H,20,21,24). The topological polar surface area (TPSA) is 88.6 Å². The van der Waals surface area contributed by atoms with E-state index in [0.717, 1.165) is 5.69 Å². The van der Waals surface area contributed by atoms with Crippen molar-refractivity contribution in [2.45, 2.75) is 19.8 Å². The first kappa shape index (κ1) is 17.6. The summed E-state index contributed by atoms with van der Waals surface area (Å²) in [5.41, 5.74) is 2.46. The van der Waals surface area contributed by atoms with Crippen molar-refractivity contribution >= 4 is 29.0 Å². The molecule has 0 fully saturated rings. The van der Waals surface area contributed by atoms with E-state index in [0.29, 0.717) is 22.7 Å². The summed E-state index contributed by atoms with van der Waals surface area (Å²) in [6, 6.07) is 8.40. The number of rotatable bonds is 5. The highest BCUT2D eigenvalue weighted by Crippen LogP contribution is 2.32. The zero-order valence-electron chi connectivity index (χ0n) is 14.6. The van der Waals surface area contributed by atoms with Gasteiger partial charge in [-0.25, -0.2) is 0 Å². The highest BCUT2D eigenvalue weighted by atomic mass is 16.5. The summed E-state index contributed by atoms with van der Waals surface area (Å²) < 4.78 is 5.34. The van der Waals surface area contributed by atoms with E-state index >= 15 is 0 Å². The average Bonchev–Trinajstić information content (AvgIpc) is 2.62. The molecule has 0 atom stereocenters. The van der Waals surface area contributed by atoms with Crippen LogP contribution in [-0.4, -0.2) is 36.2 Å². The molecule has 0 bridgehead atoms. The lowest BCUT2D eigenvalue weighted by atomic mass is 10.0. The van der Waals surface area contributed by atoms with Crippen LogP contribution in [0.1, 0.15) is 28.9 Å². The molecule has 1 aliphatic rings. The first-order valence-electron chi connectivity index (χ1n) is 8.23. The van der Waals surface area contributed by atoms with E-state index < -0.39 is 0 Å². The maximum absolute atomic E-state index is 12.4. The summed E-state index contributed by atoms with van der Waals surface area (Å²) in [5.74, 6) is -0.0126. The third-order valence-corrected chi connectivity index (χ3v) is 4.13. The fraction of sp³-hybridized carbons (Fsp3) is 0.263. The number of ether oxygens (including phenoxy) is 1. The van der Waals surface area contributed by atoms with Gasteiger partial charge in [-0.3, -0.25) is 19.4 Å². The van der Waals surface area contributed by atoms with Crippen LogP contribution >= 0.6 is 0 Å². The number of ketones is 1. The van der Waals surface area contributed by atoms with Gasteiger partial charge in [0.1, 0.15) is 5.75 Å². The minimum Gasteiger partial charge on any atom is -0.482 e. The number of pyridine rings is 1. The number of carbonyl (C=O) groups is 3. The van der Waals surface area contributed by atoms with Crippen molar-refractivity contribution in [3.8, 4) is 5.75 Å². The van der Waals surface area contributed by atoms with Gasteiger partial charge in [0, 0.05) is 43.0 Å². The van der Waals surface area contributed by atoms with E-state index in [4.69, 9.17) is 4.74 Å². The van der Waals surface area contributed by atoms with Gasteiger partial charge in [0.25, 0.3) is 5.91 Å². The number of hydrogen-bond donors (Lipinski definition) is 1. The number of hydrogen-bond acceptors (Lipinski definition) is 5. The van der Waals surface area contributed by atoms with E-state index in [9.17, 15) is 14.4 Å².